The summed E-state index contributed by atoms with van der Waals surface area (Å²) in [6.45, 7) is 17.6. The molecule has 8 aromatic heterocycles. The highest BCUT2D eigenvalue weighted by Gasteiger charge is 2.30. The van der Waals surface area contributed by atoms with E-state index in [0.29, 0.717) is 11.8 Å². The molecule has 0 saturated heterocycles. The van der Waals surface area contributed by atoms with Crippen molar-refractivity contribution in [2.75, 3.05) is 0 Å². The summed E-state index contributed by atoms with van der Waals surface area (Å²) in [5, 5.41) is 19.7. The molecule has 0 radical (unpaired) electrons. The minimum Gasteiger partial charge on any atom is -0.455 e. The van der Waals surface area contributed by atoms with Gasteiger partial charge in [-0.1, -0.05) is 203 Å². The second-order valence-electron chi connectivity index (χ2n) is 31.0. The van der Waals surface area contributed by atoms with E-state index in [-0.39, 0.29) is 0 Å². The molecule has 544 valence electrons. The molecule has 0 atom stereocenters. The average molecular weight is 1450 g/mol. The van der Waals surface area contributed by atoms with E-state index in [1.807, 2.05) is 18.2 Å². The topological polar surface area (TPSA) is 68.1 Å². The van der Waals surface area contributed by atoms with Crippen molar-refractivity contribution >= 4 is 131 Å². The van der Waals surface area contributed by atoms with Crippen molar-refractivity contribution in [3.63, 3.8) is 0 Å². The van der Waals surface area contributed by atoms with Crippen molar-refractivity contribution in [2.45, 2.75) is 99.3 Å². The van der Waals surface area contributed by atoms with E-state index in [9.17, 15) is 0 Å². The second kappa shape index (κ2) is 28.5. The number of fused-ring (bicyclic) bond motifs is 20. The van der Waals surface area contributed by atoms with Gasteiger partial charge in [0.15, 0.2) is 24.8 Å². The molecule has 0 spiro atoms. The third kappa shape index (κ3) is 12.0. The summed E-state index contributed by atoms with van der Waals surface area (Å²) in [5.41, 5.74) is 27.6. The lowest BCUT2D eigenvalue weighted by atomic mass is 9.92. The van der Waals surface area contributed by atoms with Crippen LogP contribution in [-0.2, 0) is 34.6 Å². The van der Waals surface area contributed by atoms with Crippen LogP contribution in [0.15, 0.2) is 285 Å². The maximum absolute atomic E-state index is 6.50. The molecule has 12 aromatic carbocycles. The fraction of sp³-hybridized carbons (Fsp3) is 0.184. The molecule has 1 saturated carbocycles. The van der Waals surface area contributed by atoms with Gasteiger partial charge in [0.25, 0.3) is 0 Å². The number of pyridine rings is 4. The van der Waals surface area contributed by atoms with Crippen LogP contribution in [0, 0.1) is 34.6 Å². The number of aromatic nitrogens is 4. The fourth-order valence-electron chi connectivity index (χ4n) is 18.3. The summed E-state index contributed by atoms with van der Waals surface area (Å²) < 4.78 is 34.7. The van der Waals surface area contributed by atoms with E-state index >= 15 is 0 Å². The number of benzene rings is 12. The van der Waals surface area contributed by atoms with Crippen LogP contribution in [-0.4, -0.2) is 0 Å². The molecule has 111 heavy (non-hydrogen) atoms. The van der Waals surface area contributed by atoms with E-state index in [4.69, 9.17) is 17.7 Å². The van der Waals surface area contributed by atoms with Gasteiger partial charge in [0.05, 0.1) is 22.3 Å². The van der Waals surface area contributed by atoms with Crippen molar-refractivity contribution in [1.82, 2.24) is 0 Å². The fourth-order valence-corrected chi connectivity index (χ4v) is 18.3. The summed E-state index contributed by atoms with van der Waals surface area (Å²) in [6.07, 6.45) is 15.4. The molecule has 1 fully saturated rings. The Hall–Kier alpha value is -12.5. The van der Waals surface area contributed by atoms with Gasteiger partial charge in [-0.15, -0.1) is 0 Å². The van der Waals surface area contributed by atoms with Gasteiger partial charge in [0, 0.05) is 89.6 Å². The van der Waals surface area contributed by atoms with Gasteiger partial charge in [-0.25, -0.2) is 18.3 Å². The van der Waals surface area contributed by atoms with Crippen LogP contribution in [0.3, 0.4) is 0 Å². The van der Waals surface area contributed by atoms with Crippen LogP contribution >= 0.6 is 0 Å². The Balaban J connectivity index is 0.000000104. The van der Waals surface area contributed by atoms with Crippen LogP contribution in [0.5, 0.6) is 0 Å². The molecule has 0 N–H and O–H groups in total. The van der Waals surface area contributed by atoms with Gasteiger partial charge in [-0.05, 0) is 180 Å². The highest BCUT2D eigenvalue weighted by atomic mass is 16.3. The van der Waals surface area contributed by atoms with Crippen molar-refractivity contribution in [3.8, 4) is 45.0 Å². The first-order chi connectivity index (χ1) is 54.1. The summed E-state index contributed by atoms with van der Waals surface area (Å²) in [7, 11) is 8.53. The van der Waals surface area contributed by atoms with Gasteiger partial charge < -0.3 is 17.7 Å². The Morgan fingerprint density at radius 2 is 0.595 bits per heavy atom. The summed E-state index contributed by atoms with van der Waals surface area (Å²) in [6, 6.07) is 86.0. The lowest BCUT2D eigenvalue weighted by Gasteiger charge is -2.12. The van der Waals surface area contributed by atoms with E-state index in [1.165, 1.54) is 201 Å². The van der Waals surface area contributed by atoms with Crippen LogP contribution in [0.25, 0.3) is 176 Å². The Labute approximate surface area is 647 Å². The number of hydrogen-bond donors (Lipinski definition) is 0. The molecule has 0 unspecified atom stereocenters. The number of hydrogen-bond acceptors (Lipinski definition) is 4. The summed E-state index contributed by atoms with van der Waals surface area (Å²) in [5.74, 6) is 1.22. The number of rotatable bonds is 7. The van der Waals surface area contributed by atoms with E-state index in [0.717, 1.165) is 51.1 Å². The minimum atomic E-state index is 0.504. The zero-order valence-electron chi connectivity index (χ0n) is 65.5. The molecule has 0 aliphatic heterocycles. The summed E-state index contributed by atoms with van der Waals surface area (Å²) >= 11 is 0. The first-order valence-corrected chi connectivity index (χ1v) is 39.4. The largest absolute Gasteiger partial charge is 0.455 e. The SMILES string of the molecule is CCc1ccc(-c2c(C)c3ccccc3c3c2oc2ccccc23)[n+](C)c1.Cc1c(-c2ccc(C(C)C)c[n+]2C)c2oc3ccccc3c2c2ccccc12.Cc1c(-c2ccc(C3CCCC3)c[n+]2C)c2oc3ccccc3c2c2ccccc12.Cc1ccc(-c2c(C)c3ccccc3c3c2oc2ccccc23)[n+](C)c1. The molecule has 1 aliphatic carbocycles. The first kappa shape index (κ1) is 70.2. The van der Waals surface area contributed by atoms with E-state index in [2.05, 4.69) is 351 Å². The lowest BCUT2D eigenvalue weighted by Crippen LogP contribution is -2.31. The van der Waals surface area contributed by atoms with Crippen LogP contribution in [0.2, 0.25) is 0 Å². The van der Waals surface area contributed by atoms with Gasteiger partial charge in [-0.3, -0.25) is 0 Å². The third-order valence-electron chi connectivity index (χ3n) is 23.9. The average Bonchev–Trinajstić information content (AvgIpc) is 1.62. The molecule has 0 bridgehead atoms. The maximum atomic E-state index is 6.50. The molecule has 8 nitrogen and oxygen atoms in total. The Morgan fingerprint density at radius 3 is 0.910 bits per heavy atom. The van der Waals surface area contributed by atoms with Gasteiger partial charge in [0.1, 0.15) is 72.9 Å². The third-order valence-corrected chi connectivity index (χ3v) is 23.9. The van der Waals surface area contributed by atoms with Crippen molar-refractivity contribution in [1.29, 1.82) is 0 Å². The molecular formula is C103H92N4O4+4. The maximum Gasteiger partial charge on any atom is 0.216 e. The number of para-hydroxylation sites is 4. The lowest BCUT2D eigenvalue weighted by molar-refractivity contribution is -0.661. The molecule has 20 aromatic rings. The Bertz CT molecular complexity index is 7110. The zero-order chi connectivity index (χ0) is 76.0. The number of nitrogens with zero attached hydrogens (tertiary/aromatic N) is 4. The van der Waals surface area contributed by atoms with Crippen molar-refractivity contribution in [3.05, 3.63) is 312 Å². The zero-order valence-corrected chi connectivity index (χ0v) is 65.5. The minimum absolute atomic E-state index is 0.504. The number of furan rings is 4. The van der Waals surface area contributed by atoms with Gasteiger partial charge in [-0.2, -0.15) is 0 Å². The smallest absolute Gasteiger partial charge is 0.216 e. The van der Waals surface area contributed by atoms with Gasteiger partial charge >= 0.3 is 0 Å². The van der Waals surface area contributed by atoms with Crippen LogP contribution in [0.1, 0.15) is 103 Å². The molecule has 8 heterocycles. The molecule has 0 amide bonds. The van der Waals surface area contributed by atoms with E-state index in [1.54, 1.807) is 0 Å². The Morgan fingerprint density at radius 1 is 0.306 bits per heavy atom. The standard InChI is InChI=1S/C28H26NO.C26H24NO.C25H22NO.C24H20NO/c1-18-21-11-5-6-12-22(21)27-23-13-7-8-14-25(23)30-28(27)26(18)24-16-15-20(17-29(24)2)19-9-3-4-10-19;1-16(2)18-13-14-22(27(4)15-18)24-17(3)19-9-5-6-10-20(19)25-21-11-7-8-12-23(21)28-26(24)25;1-4-17-13-14-21(26(3)15-17)23-16(2)18-9-5-6-10-19(18)24-20-11-7-8-12-22(20)27-25(23)24;1-15-12-13-20(25(3)14-15)22-16(2)17-8-4-5-9-18(17)23-19-10-6-7-11-21(19)26-24(22)23/h5-8,11-17,19H,3-4,9-10H2,1-2H3;5-16H,1-4H3;5-15H,4H2,1-3H3;4-14H,1-3H3/q4*+1. The predicted octanol–water partition coefficient (Wildman–Crippen LogP) is 25.8. The highest BCUT2D eigenvalue weighted by molar-refractivity contribution is 6.27. The highest BCUT2D eigenvalue weighted by Crippen LogP contribution is 2.48. The van der Waals surface area contributed by atoms with E-state index < -0.39 is 0 Å². The first-order valence-electron chi connectivity index (χ1n) is 39.4. The monoisotopic (exact) mass is 1450 g/mol. The number of aryl methyl sites for hydroxylation is 10. The summed E-state index contributed by atoms with van der Waals surface area (Å²) in [4.78, 5) is 0. The molecular weight excluding hydrogens is 1360 g/mol. The second-order valence-corrected chi connectivity index (χ2v) is 31.0. The van der Waals surface area contributed by atoms with Crippen molar-refractivity contribution < 1.29 is 35.9 Å². The van der Waals surface area contributed by atoms with Crippen LogP contribution < -0.4 is 18.3 Å². The normalized spacial score (nSPS) is 12.6. The van der Waals surface area contributed by atoms with Crippen molar-refractivity contribution in [2.24, 2.45) is 28.2 Å². The Kier molecular flexibility index (Phi) is 18.0. The molecule has 1 aliphatic rings. The predicted molar refractivity (Wildman–Crippen MR) is 460 cm³/mol. The molecule has 21 rings (SSSR count). The molecule has 8 heteroatoms. The quantitative estimate of drug-likeness (QED) is 0.149. The van der Waals surface area contributed by atoms with Crippen LogP contribution in [0.4, 0.5) is 0 Å². The van der Waals surface area contributed by atoms with Gasteiger partial charge in [0.2, 0.25) is 22.8 Å².